The summed E-state index contributed by atoms with van der Waals surface area (Å²) in [4.78, 5) is 2.00. The molecule has 0 amide bonds. The monoisotopic (exact) mass is 378 g/mol. The summed E-state index contributed by atoms with van der Waals surface area (Å²) < 4.78 is 34.4. The molecule has 2 fully saturated rings. The summed E-state index contributed by atoms with van der Waals surface area (Å²) in [5.41, 5.74) is -0.306. The predicted octanol–water partition coefficient (Wildman–Crippen LogP) is 2.67. The van der Waals surface area contributed by atoms with Crippen LogP contribution in [0.4, 0.5) is 0 Å². The Kier molecular flexibility index (Phi) is 5.07. The molecule has 2 heterocycles. The van der Waals surface area contributed by atoms with Gasteiger partial charge in [-0.2, -0.15) is 4.31 Å². The minimum Gasteiger partial charge on any atom is -0.372 e. The molecule has 0 bridgehead atoms. The van der Waals surface area contributed by atoms with Gasteiger partial charge in [0.1, 0.15) is 0 Å². The van der Waals surface area contributed by atoms with Crippen molar-refractivity contribution < 1.29 is 13.2 Å². The number of nitrogens with zero attached hydrogens (tertiary/aromatic N) is 2. The third-order valence-corrected chi connectivity index (χ3v) is 8.55. The van der Waals surface area contributed by atoms with Crippen molar-refractivity contribution in [3.05, 3.63) is 16.5 Å². The first kappa shape index (κ1) is 17.6. The van der Waals surface area contributed by atoms with E-state index in [0.717, 1.165) is 25.7 Å². The molecule has 0 radical (unpaired) electrons. The molecule has 1 atom stereocenters. The van der Waals surface area contributed by atoms with Crippen LogP contribution < -0.4 is 0 Å². The fraction of sp³-hybridized carbons (Fsp3) is 0.733. The molecule has 0 aromatic carbocycles. The zero-order valence-corrected chi connectivity index (χ0v) is 15.9. The SMILES string of the molecule is CN(C)CC1COC2(CCCC2)CN1S(=O)(=O)c1sccc1Cl. The number of thiophene rings is 1. The Balaban J connectivity index is 1.94. The average Bonchev–Trinajstić information content (AvgIpc) is 3.10. The van der Waals surface area contributed by atoms with Crippen LogP contribution in [0.15, 0.2) is 15.7 Å². The quantitative estimate of drug-likeness (QED) is 0.808. The van der Waals surface area contributed by atoms with E-state index < -0.39 is 10.0 Å². The molecule has 1 aliphatic carbocycles. The van der Waals surface area contributed by atoms with Gasteiger partial charge in [-0.3, -0.25) is 0 Å². The Bertz CT molecular complexity index is 653. The van der Waals surface area contributed by atoms with Gasteiger partial charge in [-0.05, 0) is 38.4 Å². The molecular formula is C15H23ClN2O3S2. The number of sulfonamides is 1. The van der Waals surface area contributed by atoms with Gasteiger partial charge in [0.15, 0.2) is 4.21 Å². The standard InChI is InChI=1S/C15H23ClN2O3S2/c1-17(2)9-12-10-21-15(6-3-4-7-15)11-18(12)23(19,20)14-13(16)5-8-22-14/h5,8,12H,3-4,6-7,9-11H2,1-2H3. The van der Waals surface area contributed by atoms with Gasteiger partial charge < -0.3 is 9.64 Å². The van der Waals surface area contributed by atoms with Gasteiger partial charge in [-0.1, -0.05) is 24.4 Å². The van der Waals surface area contributed by atoms with E-state index in [1.54, 1.807) is 15.8 Å². The third kappa shape index (κ3) is 3.45. The zero-order valence-electron chi connectivity index (χ0n) is 13.5. The van der Waals surface area contributed by atoms with E-state index in [9.17, 15) is 8.42 Å². The van der Waals surface area contributed by atoms with Crippen LogP contribution in [0.5, 0.6) is 0 Å². The molecule has 23 heavy (non-hydrogen) atoms. The smallest absolute Gasteiger partial charge is 0.254 e. The highest BCUT2D eigenvalue weighted by molar-refractivity contribution is 7.91. The molecule has 2 aliphatic rings. The number of ether oxygens (including phenoxy) is 1. The maximum Gasteiger partial charge on any atom is 0.254 e. The molecule has 5 nitrogen and oxygen atoms in total. The Labute approximate surface area is 147 Å². The molecule has 1 spiro atoms. The van der Waals surface area contributed by atoms with E-state index in [4.69, 9.17) is 16.3 Å². The Morgan fingerprint density at radius 3 is 2.70 bits per heavy atom. The van der Waals surface area contributed by atoms with Crippen molar-refractivity contribution in [2.75, 3.05) is 33.8 Å². The Morgan fingerprint density at radius 1 is 1.43 bits per heavy atom. The van der Waals surface area contributed by atoms with Crippen molar-refractivity contribution in [2.24, 2.45) is 0 Å². The molecule has 1 saturated carbocycles. The van der Waals surface area contributed by atoms with Crippen LogP contribution in [0.2, 0.25) is 5.02 Å². The lowest BCUT2D eigenvalue weighted by Gasteiger charge is -2.45. The Hall–Kier alpha value is -0.180. The first-order valence-electron chi connectivity index (χ1n) is 7.88. The molecule has 1 aromatic rings. The molecule has 1 unspecified atom stereocenters. The van der Waals surface area contributed by atoms with E-state index in [1.165, 1.54) is 11.3 Å². The first-order chi connectivity index (χ1) is 10.8. The third-order valence-electron chi connectivity index (χ3n) is 4.65. The first-order valence-corrected chi connectivity index (χ1v) is 10.6. The lowest BCUT2D eigenvalue weighted by Crippen LogP contribution is -2.59. The van der Waals surface area contributed by atoms with Crippen molar-refractivity contribution in [1.29, 1.82) is 0 Å². The van der Waals surface area contributed by atoms with Crippen LogP contribution in [0, 0.1) is 0 Å². The number of likely N-dealkylation sites (N-methyl/N-ethyl adjacent to an activating group) is 1. The van der Waals surface area contributed by atoms with E-state index in [-0.39, 0.29) is 15.9 Å². The lowest BCUT2D eigenvalue weighted by molar-refractivity contribution is -0.109. The fourth-order valence-electron chi connectivity index (χ4n) is 3.55. The predicted molar refractivity (Wildman–Crippen MR) is 92.7 cm³/mol. The summed E-state index contributed by atoms with van der Waals surface area (Å²) in [6.07, 6.45) is 4.08. The van der Waals surface area contributed by atoms with Gasteiger partial charge in [0, 0.05) is 13.1 Å². The topological polar surface area (TPSA) is 49.9 Å². The summed E-state index contributed by atoms with van der Waals surface area (Å²) >= 11 is 7.30. The summed E-state index contributed by atoms with van der Waals surface area (Å²) in [6, 6.07) is 1.46. The zero-order chi connectivity index (χ0) is 16.7. The summed E-state index contributed by atoms with van der Waals surface area (Å²) in [7, 11) is 0.300. The molecular weight excluding hydrogens is 356 g/mol. The summed E-state index contributed by atoms with van der Waals surface area (Å²) in [5.74, 6) is 0. The lowest BCUT2D eigenvalue weighted by atomic mass is 9.99. The van der Waals surface area contributed by atoms with E-state index in [1.807, 2.05) is 19.0 Å². The van der Waals surface area contributed by atoms with Crippen LogP contribution in [0.1, 0.15) is 25.7 Å². The maximum absolute atomic E-state index is 13.2. The molecule has 1 aromatic heterocycles. The second-order valence-corrected chi connectivity index (χ2v) is 10.1. The number of hydrogen-bond acceptors (Lipinski definition) is 5. The van der Waals surface area contributed by atoms with Crippen molar-refractivity contribution >= 4 is 33.0 Å². The molecule has 0 N–H and O–H groups in total. The summed E-state index contributed by atoms with van der Waals surface area (Å²) in [5, 5.41) is 2.03. The highest BCUT2D eigenvalue weighted by Crippen LogP contribution is 2.40. The van der Waals surface area contributed by atoms with Crippen LogP contribution in [-0.2, 0) is 14.8 Å². The minimum absolute atomic E-state index is 0.181. The second kappa shape index (κ2) is 6.61. The van der Waals surface area contributed by atoms with Gasteiger partial charge in [0.2, 0.25) is 0 Å². The van der Waals surface area contributed by atoms with Gasteiger partial charge in [-0.15, -0.1) is 11.3 Å². The normalized spacial score (nSPS) is 25.5. The number of morpholine rings is 1. The van der Waals surface area contributed by atoms with Gasteiger partial charge >= 0.3 is 0 Å². The summed E-state index contributed by atoms with van der Waals surface area (Å²) in [6.45, 7) is 1.51. The largest absolute Gasteiger partial charge is 0.372 e. The fourth-order valence-corrected chi connectivity index (χ4v) is 7.02. The van der Waals surface area contributed by atoms with Crippen LogP contribution in [0.3, 0.4) is 0 Å². The molecule has 8 heteroatoms. The van der Waals surface area contributed by atoms with Gasteiger partial charge in [0.25, 0.3) is 10.0 Å². The van der Waals surface area contributed by atoms with E-state index in [2.05, 4.69) is 0 Å². The van der Waals surface area contributed by atoms with Crippen LogP contribution in [-0.4, -0.2) is 63.1 Å². The van der Waals surface area contributed by atoms with Crippen molar-refractivity contribution in [3.63, 3.8) is 0 Å². The number of halogens is 1. The number of hydrogen-bond donors (Lipinski definition) is 0. The highest BCUT2D eigenvalue weighted by atomic mass is 35.5. The highest BCUT2D eigenvalue weighted by Gasteiger charge is 2.47. The van der Waals surface area contributed by atoms with E-state index >= 15 is 0 Å². The molecule has 3 rings (SSSR count). The van der Waals surface area contributed by atoms with Crippen LogP contribution >= 0.6 is 22.9 Å². The number of rotatable bonds is 4. The molecule has 130 valence electrons. The molecule has 1 aliphatic heterocycles. The second-order valence-electron chi connectivity index (χ2n) is 6.72. The van der Waals surface area contributed by atoms with Gasteiger partial charge in [-0.25, -0.2) is 8.42 Å². The van der Waals surface area contributed by atoms with Crippen LogP contribution in [0.25, 0.3) is 0 Å². The van der Waals surface area contributed by atoms with Crippen molar-refractivity contribution in [1.82, 2.24) is 9.21 Å². The Morgan fingerprint density at radius 2 is 2.13 bits per heavy atom. The minimum atomic E-state index is -3.59. The van der Waals surface area contributed by atoms with E-state index in [0.29, 0.717) is 24.7 Å². The van der Waals surface area contributed by atoms with Crippen molar-refractivity contribution in [2.45, 2.75) is 41.5 Å². The average molecular weight is 379 g/mol. The molecule has 1 saturated heterocycles. The maximum atomic E-state index is 13.2. The van der Waals surface area contributed by atoms with Gasteiger partial charge in [0.05, 0.1) is 23.3 Å². The van der Waals surface area contributed by atoms with Crippen molar-refractivity contribution in [3.8, 4) is 0 Å².